The van der Waals surface area contributed by atoms with E-state index in [1.807, 2.05) is 12.1 Å². The molecule has 1 saturated heterocycles. The molecule has 5 heteroatoms. The lowest BCUT2D eigenvalue weighted by Gasteiger charge is -2.28. The first kappa shape index (κ1) is 12.0. The van der Waals surface area contributed by atoms with Crippen molar-refractivity contribution in [1.29, 1.82) is 0 Å². The average Bonchev–Trinajstić information content (AvgIpc) is 2.39. The SMILES string of the molecule is NC[C@@H]1CC[C@H](c2ccccc2[N+](=O)[O-])CO1. The molecule has 0 amide bonds. The number of benzene rings is 1. The van der Waals surface area contributed by atoms with E-state index in [4.69, 9.17) is 10.5 Å². The molecule has 92 valence electrons. The zero-order chi connectivity index (χ0) is 12.3. The zero-order valence-electron chi connectivity index (χ0n) is 9.54. The number of ether oxygens (including phenoxy) is 1. The van der Waals surface area contributed by atoms with Gasteiger partial charge in [0, 0.05) is 24.1 Å². The summed E-state index contributed by atoms with van der Waals surface area (Å²) >= 11 is 0. The molecule has 0 spiro atoms. The fourth-order valence-corrected chi connectivity index (χ4v) is 2.24. The molecule has 2 N–H and O–H groups in total. The summed E-state index contributed by atoms with van der Waals surface area (Å²) in [5.41, 5.74) is 6.49. The van der Waals surface area contributed by atoms with E-state index in [0.29, 0.717) is 13.2 Å². The number of nitro groups is 1. The lowest BCUT2D eigenvalue weighted by atomic mass is 9.90. The standard InChI is InChI=1S/C12H16N2O3/c13-7-10-6-5-9(8-17-10)11-3-1-2-4-12(11)14(15)16/h1-4,9-10H,5-8,13H2/t9-,10-/m0/s1. The van der Waals surface area contributed by atoms with E-state index in [9.17, 15) is 10.1 Å². The third-order valence-electron chi connectivity index (χ3n) is 3.21. The van der Waals surface area contributed by atoms with Crippen LogP contribution < -0.4 is 5.73 Å². The van der Waals surface area contributed by atoms with Gasteiger partial charge in [0.15, 0.2) is 0 Å². The second-order valence-electron chi connectivity index (χ2n) is 4.28. The largest absolute Gasteiger partial charge is 0.376 e. The third kappa shape index (κ3) is 2.62. The van der Waals surface area contributed by atoms with Gasteiger partial charge in [0.25, 0.3) is 5.69 Å². The average molecular weight is 236 g/mol. The molecule has 17 heavy (non-hydrogen) atoms. The smallest absolute Gasteiger partial charge is 0.272 e. The van der Waals surface area contributed by atoms with E-state index < -0.39 is 0 Å². The summed E-state index contributed by atoms with van der Waals surface area (Å²) in [5.74, 6) is 0.111. The van der Waals surface area contributed by atoms with Gasteiger partial charge in [-0.25, -0.2) is 0 Å². The molecule has 0 radical (unpaired) electrons. The van der Waals surface area contributed by atoms with Crippen molar-refractivity contribution < 1.29 is 9.66 Å². The lowest BCUT2D eigenvalue weighted by Crippen LogP contribution is -2.31. The fourth-order valence-electron chi connectivity index (χ4n) is 2.24. The minimum absolute atomic E-state index is 0.106. The lowest BCUT2D eigenvalue weighted by molar-refractivity contribution is -0.385. The maximum Gasteiger partial charge on any atom is 0.272 e. The van der Waals surface area contributed by atoms with Crippen molar-refractivity contribution in [2.45, 2.75) is 24.9 Å². The molecule has 1 fully saturated rings. The van der Waals surface area contributed by atoms with E-state index in [-0.39, 0.29) is 22.6 Å². The number of hydrogen-bond donors (Lipinski definition) is 1. The monoisotopic (exact) mass is 236 g/mol. The number of nitrogens with zero attached hydrogens (tertiary/aromatic N) is 1. The quantitative estimate of drug-likeness (QED) is 0.641. The third-order valence-corrected chi connectivity index (χ3v) is 3.21. The number of para-hydroxylation sites is 1. The molecule has 0 aromatic heterocycles. The predicted molar refractivity (Wildman–Crippen MR) is 63.9 cm³/mol. The summed E-state index contributed by atoms with van der Waals surface area (Å²) in [4.78, 5) is 10.6. The van der Waals surface area contributed by atoms with Gasteiger partial charge in [-0.1, -0.05) is 18.2 Å². The minimum atomic E-state index is -0.329. The Morgan fingerprint density at radius 1 is 1.41 bits per heavy atom. The van der Waals surface area contributed by atoms with Crippen LogP contribution in [0.4, 0.5) is 5.69 Å². The highest BCUT2D eigenvalue weighted by Crippen LogP contribution is 2.33. The Kier molecular flexibility index (Phi) is 3.71. The summed E-state index contributed by atoms with van der Waals surface area (Å²) in [5, 5.41) is 10.9. The molecule has 1 aliphatic rings. The molecule has 1 aliphatic heterocycles. The van der Waals surface area contributed by atoms with Crippen molar-refractivity contribution in [3.05, 3.63) is 39.9 Å². The predicted octanol–water partition coefficient (Wildman–Crippen LogP) is 1.82. The molecule has 1 aromatic carbocycles. The second-order valence-corrected chi connectivity index (χ2v) is 4.28. The van der Waals surface area contributed by atoms with Crippen molar-refractivity contribution in [1.82, 2.24) is 0 Å². The van der Waals surface area contributed by atoms with Crippen LogP contribution in [0.5, 0.6) is 0 Å². The van der Waals surface area contributed by atoms with Gasteiger partial charge >= 0.3 is 0 Å². The summed E-state index contributed by atoms with van der Waals surface area (Å²) in [6.45, 7) is 1.04. The molecule has 1 heterocycles. The Hall–Kier alpha value is -1.46. The summed E-state index contributed by atoms with van der Waals surface area (Å²) in [6, 6.07) is 6.88. The van der Waals surface area contributed by atoms with Gasteiger partial charge in [-0.05, 0) is 12.8 Å². The zero-order valence-corrected chi connectivity index (χ0v) is 9.54. The molecule has 0 bridgehead atoms. The fraction of sp³-hybridized carbons (Fsp3) is 0.500. The first-order valence-corrected chi connectivity index (χ1v) is 5.77. The molecular weight excluding hydrogens is 220 g/mol. The van der Waals surface area contributed by atoms with Crippen LogP contribution in [0, 0.1) is 10.1 Å². The van der Waals surface area contributed by atoms with Crippen molar-refractivity contribution in [2.75, 3.05) is 13.2 Å². The second kappa shape index (κ2) is 5.25. The van der Waals surface area contributed by atoms with E-state index in [1.165, 1.54) is 0 Å². The van der Waals surface area contributed by atoms with E-state index in [1.54, 1.807) is 12.1 Å². The number of nitro benzene ring substituents is 1. The van der Waals surface area contributed by atoms with E-state index in [2.05, 4.69) is 0 Å². The highest BCUT2D eigenvalue weighted by molar-refractivity contribution is 5.42. The van der Waals surface area contributed by atoms with Gasteiger partial charge in [-0.3, -0.25) is 10.1 Å². The molecule has 0 unspecified atom stereocenters. The van der Waals surface area contributed by atoms with Crippen LogP contribution in [0.2, 0.25) is 0 Å². The molecular formula is C12H16N2O3. The Morgan fingerprint density at radius 2 is 2.18 bits per heavy atom. The normalized spacial score (nSPS) is 24.5. The molecule has 0 aliphatic carbocycles. The van der Waals surface area contributed by atoms with Gasteiger partial charge < -0.3 is 10.5 Å². The minimum Gasteiger partial charge on any atom is -0.376 e. The number of hydrogen-bond acceptors (Lipinski definition) is 4. The van der Waals surface area contributed by atoms with E-state index in [0.717, 1.165) is 18.4 Å². The van der Waals surface area contributed by atoms with Gasteiger partial charge in [0.2, 0.25) is 0 Å². The van der Waals surface area contributed by atoms with Crippen LogP contribution in [0.3, 0.4) is 0 Å². The van der Waals surface area contributed by atoms with Crippen LogP contribution in [-0.4, -0.2) is 24.2 Å². The highest BCUT2D eigenvalue weighted by atomic mass is 16.6. The van der Waals surface area contributed by atoms with Crippen LogP contribution in [0.15, 0.2) is 24.3 Å². The maximum absolute atomic E-state index is 10.9. The van der Waals surface area contributed by atoms with Crippen LogP contribution in [0.25, 0.3) is 0 Å². The Bertz CT molecular complexity index is 400. The summed E-state index contributed by atoms with van der Waals surface area (Å²) in [7, 11) is 0. The Balaban J connectivity index is 2.15. The summed E-state index contributed by atoms with van der Waals surface area (Å²) < 4.78 is 5.58. The molecule has 2 rings (SSSR count). The Labute approximate surface area is 99.7 Å². The van der Waals surface area contributed by atoms with Crippen molar-refractivity contribution >= 4 is 5.69 Å². The van der Waals surface area contributed by atoms with Crippen molar-refractivity contribution in [3.8, 4) is 0 Å². The summed E-state index contributed by atoms with van der Waals surface area (Å²) in [6.07, 6.45) is 1.87. The molecule has 0 saturated carbocycles. The van der Waals surface area contributed by atoms with Gasteiger partial charge in [-0.2, -0.15) is 0 Å². The first-order valence-electron chi connectivity index (χ1n) is 5.77. The van der Waals surface area contributed by atoms with Crippen LogP contribution in [-0.2, 0) is 4.74 Å². The number of rotatable bonds is 3. The maximum atomic E-state index is 10.9. The first-order chi connectivity index (χ1) is 8.22. The number of nitrogens with two attached hydrogens (primary N) is 1. The Morgan fingerprint density at radius 3 is 2.76 bits per heavy atom. The van der Waals surface area contributed by atoms with Crippen molar-refractivity contribution in [2.24, 2.45) is 5.73 Å². The van der Waals surface area contributed by atoms with E-state index >= 15 is 0 Å². The van der Waals surface area contributed by atoms with Gasteiger partial charge in [0.1, 0.15) is 0 Å². The molecule has 2 atom stereocenters. The van der Waals surface area contributed by atoms with Gasteiger partial charge in [-0.15, -0.1) is 0 Å². The molecule has 1 aromatic rings. The van der Waals surface area contributed by atoms with Crippen molar-refractivity contribution in [3.63, 3.8) is 0 Å². The topological polar surface area (TPSA) is 78.4 Å². The van der Waals surface area contributed by atoms with Crippen LogP contribution in [0.1, 0.15) is 24.3 Å². The highest BCUT2D eigenvalue weighted by Gasteiger charge is 2.26. The van der Waals surface area contributed by atoms with Crippen LogP contribution >= 0.6 is 0 Å². The van der Waals surface area contributed by atoms with Gasteiger partial charge in [0.05, 0.1) is 17.6 Å². The molecule has 5 nitrogen and oxygen atoms in total.